The van der Waals surface area contributed by atoms with Gasteiger partial charge in [-0.3, -0.25) is 9.59 Å². The Morgan fingerprint density at radius 2 is 1.70 bits per heavy atom. The summed E-state index contributed by atoms with van der Waals surface area (Å²) in [5, 5.41) is 11.0. The third-order valence-electron chi connectivity index (χ3n) is 4.82. The summed E-state index contributed by atoms with van der Waals surface area (Å²) in [6.45, 7) is 3.45. The quantitative estimate of drug-likeness (QED) is 0.268. The molecule has 0 fully saturated rings. The number of carbonyl (C=O) groups excluding carboxylic acids is 2. The van der Waals surface area contributed by atoms with Crippen LogP contribution in [-0.2, 0) is 0 Å². The molecule has 2 amide bonds. The summed E-state index contributed by atoms with van der Waals surface area (Å²) in [6.07, 6.45) is 0. The van der Waals surface area contributed by atoms with E-state index >= 15 is 0 Å². The maximum atomic E-state index is 12.8. The lowest BCUT2D eigenvalue weighted by molar-refractivity contribution is 0.0952. The SMILES string of the molecule is CC(=NNC(=O)c1c(-c2ccccc2)noc1C)c1ccc(NC(=O)c2ccc(Br)o2)cc1. The number of aryl methyl sites for hydroxylation is 1. The number of nitrogens with one attached hydrogen (secondary N) is 2. The third-order valence-corrected chi connectivity index (χ3v) is 5.25. The van der Waals surface area contributed by atoms with Gasteiger partial charge in [0.2, 0.25) is 0 Å². The molecule has 2 aromatic carbocycles. The van der Waals surface area contributed by atoms with Crippen LogP contribution in [0.15, 0.2) is 85.4 Å². The molecule has 0 aliphatic carbocycles. The average Bonchev–Trinajstić information content (AvgIpc) is 3.44. The van der Waals surface area contributed by atoms with Crippen LogP contribution in [0.4, 0.5) is 5.69 Å². The van der Waals surface area contributed by atoms with Gasteiger partial charge in [0.15, 0.2) is 10.4 Å². The van der Waals surface area contributed by atoms with Crippen molar-refractivity contribution in [3.8, 4) is 11.3 Å². The summed E-state index contributed by atoms with van der Waals surface area (Å²) in [5.74, 6) is -0.168. The van der Waals surface area contributed by atoms with E-state index in [1.54, 1.807) is 50.2 Å². The van der Waals surface area contributed by atoms with Gasteiger partial charge in [-0.05, 0) is 59.6 Å². The lowest BCUT2D eigenvalue weighted by Gasteiger charge is -2.06. The highest BCUT2D eigenvalue weighted by Crippen LogP contribution is 2.25. The highest BCUT2D eigenvalue weighted by molar-refractivity contribution is 9.10. The summed E-state index contributed by atoms with van der Waals surface area (Å²) >= 11 is 3.17. The Labute approximate surface area is 197 Å². The van der Waals surface area contributed by atoms with Crippen molar-refractivity contribution in [3.63, 3.8) is 0 Å². The first-order chi connectivity index (χ1) is 15.9. The molecule has 9 heteroatoms. The maximum absolute atomic E-state index is 12.8. The highest BCUT2D eigenvalue weighted by atomic mass is 79.9. The number of halogens is 1. The maximum Gasteiger partial charge on any atom is 0.291 e. The van der Waals surface area contributed by atoms with Crippen molar-refractivity contribution in [2.75, 3.05) is 5.32 Å². The Morgan fingerprint density at radius 1 is 0.970 bits per heavy atom. The Balaban J connectivity index is 1.44. The molecular weight excluding hydrogens is 488 g/mol. The van der Waals surface area contributed by atoms with E-state index in [4.69, 9.17) is 8.94 Å². The molecule has 0 unspecified atom stereocenters. The van der Waals surface area contributed by atoms with E-state index in [-0.39, 0.29) is 11.7 Å². The summed E-state index contributed by atoms with van der Waals surface area (Å²) in [7, 11) is 0. The first-order valence-corrected chi connectivity index (χ1v) is 10.7. The minimum absolute atomic E-state index is 0.199. The van der Waals surface area contributed by atoms with Crippen molar-refractivity contribution >= 4 is 39.1 Å². The lowest BCUT2D eigenvalue weighted by atomic mass is 10.1. The molecule has 4 aromatic rings. The van der Waals surface area contributed by atoms with Gasteiger partial charge in [0.05, 0.1) is 5.71 Å². The number of nitrogens with zero attached hydrogens (tertiary/aromatic N) is 2. The standard InChI is InChI=1S/C24H19BrN4O4/c1-14(16-8-10-18(11-9-16)26-23(30)19-12-13-20(25)32-19)27-28-24(31)21-15(2)33-29-22(21)17-6-4-3-5-7-17/h3-13H,1-2H3,(H,26,30)(H,28,31). The van der Waals surface area contributed by atoms with Crippen LogP contribution in [0, 0.1) is 6.92 Å². The number of anilines is 1. The molecule has 0 aliphatic heterocycles. The van der Waals surface area contributed by atoms with Crippen LogP contribution in [0.1, 0.15) is 39.2 Å². The summed E-state index contributed by atoms with van der Waals surface area (Å²) in [5.41, 5.74) is 6.10. The molecule has 4 rings (SSSR count). The molecule has 33 heavy (non-hydrogen) atoms. The van der Waals surface area contributed by atoms with Gasteiger partial charge in [0.25, 0.3) is 11.8 Å². The van der Waals surface area contributed by atoms with Gasteiger partial charge in [-0.25, -0.2) is 5.43 Å². The molecule has 0 saturated heterocycles. The van der Waals surface area contributed by atoms with Crippen LogP contribution in [-0.4, -0.2) is 22.7 Å². The second kappa shape index (κ2) is 9.66. The summed E-state index contributed by atoms with van der Waals surface area (Å²) in [6, 6.07) is 19.6. The van der Waals surface area contributed by atoms with Gasteiger partial charge in [0, 0.05) is 11.3 Å². The number of hydrazone groups is 1. The van der Waals surface area contributed by atoms with Gasteiger partial charge < -0.3 is 14.3 Å². The molecule has 0 bridgehead atoms. The van der Waals surface area contributed by atoms with Gasteiger partial charge in [0.1, 0.15) is 17.0 Å². The molecule has 0 spiro atoms. The van der Waals surface area contributed by atoms with E-state index in [0.29, 0.717) is 33.1 Å². The van der Waals surface area contributed by atoms with E-state index in [0.717, 1.165) is 11.1 Å². The van der Waals surface area contributed by atoms with Crippen molar-refractivity contribution in [2.45, 2.75) is 13.8 Å². The van der Waals surface area contributed by atoms with E-state index < -0.39 is 5.91 Å². The Bertz CT molecular complexity index is 1320. The molecule has 0 aliphatic rings. The minimum Gasteiger partial charge on any atom is -0.444 e. The van der Waals surface area contributed by atoms with E-state index in [2.05, 4.69) is 36.9 Å². The van der Waals surface area contributed by atoms with Crippen molar-refractivity contribution in [1.82, 2.24) is 10.6 Å². The molecule has 8 nitrogen and oxygen atoms in total. The minimum atomic E-state index is -0.416. The van der Waals surface area contributed by atoms with Crippen LogP contribution in [0.3, 0.4) is 0 Å². The van der Waals surface area contributed by atoms with Crippen molar-refractivity contribution in [2.24, 2.45) is 5.10 Å². The predicted octanol–water partition coefficient (Wildman–Crippen LogP) is 5.41. The molecule has 2 N–H and O–H groups in total. The van der Waals surface area contributed by atoms with E-state index in [1.165, 1.54) is 0 Å². The van der Waals surface area contributed by atoms with E-state index in [9.17, 15) is 9.59 Å². The first kappa shape index (κ1) is 22.2. The molecule has 166 valence electrons. The number of hydrogen-bond acceptors (Lipinski definition) is 6. The van der Waals surface area contributed by atoms with Crippen LogP contribution >= 0.6 is 15.9 Å². The smallest absolute Gasteiger partial charge is 0.291 e. The second-order valence-electron chi connectivity index (χ2n) is 7.10. The Kier molecular flexibility index (Phi) is 6.50. The predicted molar refractivity (Wildman–Crippen MR) is 127 cm³/mol. The normalized spacial score (nSPS) is 11.3. The van der Waals surface area contributed by atoms with Crippen LogP contribution in [0.2, 0.25) is 0 Å². The number of hydrogen-bond donors (Lipinski definition) is 2. The van der Waals surface area contributed by atoms with Crippen LogP contribution < -0.4 is 10.7 Å². The zero-order valence-corrected chi connectivity index (χ0v) is 19.3. The van der Waals surface area contributed by atoms with Crippen LogP contribution in [0.25, 0.3) is 11.3 Å². The van der Waals surface area contributed by atoms with Crippen molar-refractivity contribution in [3.05, 3.63) is 94.0 Å². The lowest BCUT2D eigenvalue weighted by Crippen LogP contribution is -2.20. The number of furan rings is 1. The molecule has 2 aromatic heterocycles. The van der Waals surface area contributed by atoms with Crippen molar-refractivity contribution < 1.29 is 18.5 Å². The largest absolute Gasteiger partial charge is 0.444 e. The first-order valence-electron chi connectivity index (χ1n) is 9.96. The molecule has 2 heterocycles. The number of rotatable bonds is 6. The molecule has 0 saturated carbocycles. The van der Waals surface area contributed by atoms with Gasteiger partial charge in [-0.15, -0.1) is 0 Å². The topological polar surface area (TPSA) is 110 Å². The van der Waals surface area contributed by atoms with E-state index in [1.807, 2.05) is 30.3 Å². The average molecular weight is 507 g/mol. The number of aromatic nitrogens is 1. The molecule has 0 atom stereocenters. The molecular formula is C24H19BrN4O4. The summed E-state index contributed by atoms with van der Waals surface area (Å²) in [4.78, 5) is 25.0. The van der Waals surface area contributed by atoms with Gasteiger partial charge >= 0.3 is 0 Å². The number of carbonyl (C=O) groups is 2. The third kappa shape index (κ3) is 5.09. The van der Waals surface area contributed by atoms with Gasteiger partial charge in [-0.2, -0.15) is 5.10 Å². The number of benzene rings is 2. The fraction of sp³-hybridized carbons (Fsp3) is 0.0833. The Morgan fingerprint density at radius 3 is 2.36 bits per heavy atom. The molecule has 0 radical (unpaired) electrons. The van der Waals surface area contributed by atoms with Crippen molar-refractivity contribution in [1.29, 1.82) is 0 Å². The zero-order chi connectivity index (χ0) is 23.4. The van der Waals surface area contributed by atoms with Gasteiger partial charge in [-0.1, -0.05) is 47.6 Å². The summed E-state index contributed by atoms with van der Waals surface area (Å²) < 4.78 is 11.0. The highest BCUT2D eigenvalue weighted by Gasteiger charge is 2.21. The second-order valence-corrected chi connectivity index (χ2v) is 7.88. The fourth-order valence-electron chi connectivity index (χ4n) is 3.11. The fourth-order valence-corrected chi connectivity index (χ4v) is 3.42. The monoisotopic (exact) mass is 506 g/mol. The zero-order valence-electron chi connectivity index (χ0n) is 17.8. The Hall–Kier alpha value is -3.98. The van der Waals surface area contributed by atoms with Crippen LogP contribution in [0.5, 0.6) is 0 Å². The number of amides is 2.